The molecule has 0 atom stereocenters. The van der Waals surface area contributed by atoms with Crippen LogP contribution < -0.4 is 24.8 Å². The quantitative estimate of drug-likeness (QED) is 0.113. The van der Waals surface area contributed by atoms with E-state index in [0.717, 1.165) is 78.6 Å². The molecule has 2 aliphatic rings. The molecule has 0 spiro atoms. The van der Waals surface area contributed by atoms with Gasteiger partial charge in [0.1, 0.15) is 11.6 Å². The Hall–Kier alpha value is -5.66. The number of benzene rings is 5. The van der Waals surface area contributed by atoms with Crippen LogP contribution in [0.1, 0.15) is 45.1 Å². The number of nitrogens with one attached hydrogen (secondary N) is 1. The number of nitrogens with zero attached hydrogens (tertiary/aromatic N) is 7. The summed E-state index contributed by atoms with van der Waals surface area (Å²) in [6.07, 6.45) is 3.33. The molecule has 2 aromatic heterocycles. The maximum atomic E-state index is 15.5. The predicted molar refractivity (Wildman–Crippen MR) is 257 cm³/mol. The zero-order valence-corrected chi connectivity index (χ0v) is 37.9. The Labute approximate surface area is 385 Å². The van der Waals surface area contributed by atoms with Gasteiger partial charge in [0.05, 0.1) is 42.2 Å². The Morgan fingerprint density at radius 2 is 1.25 bits per heavy atom. The summed E-state index contributed by atoms with van der Waals surface area (Å²) >= 11 is 0. The molecule has 5 aromatic carbocycles. The smallest absolute Gasteiger partial charge is 0.241 e. The van der Waals surface area contributed by atoms with Crippen LogP contribution in [-0.4, -0.2) is 76.8 Å². The second-order valence-corrected chi connectivity index (χ2v) is 16.7. The molecule has 0 amide bonds. The first kappa shape index (κ1) is 46.3. The van der Waals surface area contributed by atoms with Crippen LogP contribution in [0.4, 0.5) is 20.7 Å². The lowest BCUT2D eigenvalue weighted by atomic mass is 10.0. The Balaban J connectivity index is 0.00000306. The van der Waals surface area contributed by atoms with Gasteiger partial charge in [0.2, 0.25) is 11.9 Å². The number of ether oxygens (including phenoxy) is 2. The van der Waals surface area contributed by atoms with Crippen molar-refractivity contribution in [1.29, 1.82) is 0 Å². The first-order valence-electron chi connectivity index (χ1n) is 21.7. The molecular weight excluding hydrogens is 854 g/mol. The van der Waals surface area contributed by atoms with E-state index in [1.165, 1.54) is 17.7 Å². The summed E-state index contributed by atoms with van der Waals surface area (Å²) in [7, 11) is 1.68. The highest BCUT2D eigenvalue weighted by Crippen LogP contribution is 2.35. The topological polar surface area (TPSA) is 91.8 Å². The Morgan fingerprint density at radius 3 is 1.86 bits per heavy atom. The number of rotatable bonds is 13. The van der Waals surface area contributed by atoms with Crippen molar-refractivity contribution in [3.05, 3.63) is 132 Å². The normalized spacial score (nSPS) is 14.9. The fourth-order valence-corrected chi connectivity index (χ4v) is 8.61. The fourth-order valence-electron chi connectivity index (χ4n) is 8.61. The minimum Gasteiger partial charge on any atom is -0.493 e. The molecule has 1 N–H and O–H groups in total. The molecule has 0 unspecified atom stereocenters. The van der Waals surface area contributed by atoms with Crippen molar-refractivity contribution in [1.82, 2.24) is 30.3 Å². The SMILES string of the molecule is COc1ccc(CN2CCC(NN(c3nc(-c4ccccc4F)c4ccccc4n3)C3CCN(c4nc(-c5ccccc5F)c5ccccc5n4)CC3)CC2)cc1OCC(C)C.Cl.Cl. The largest absolute Gasteiger partial charge is 0.493 e. The molecule has 7 aromatic rings. The van der Waals surface area contributed by atoms with Crippen molar-refractivity contribution in [2.24, 2.45) is 5.92 Å². The summed E-state index contributed by atoms with van der Waals surface area (Å²) in [5.41, 5.74) is 8.64. The van der Waals surface area contributed by atoms with E-state index in [9.17, 15) is 0 Å². The number of aromatic nitrogens is 4. The number of likely N-dealkylation sites (tertiary alicyclic amines) is 1. The van der Waals surface area contributed by atoms with Gasteiger partial charge in [0, 0.05) is 60.7 Å². The van der Waals surface area contributed by atoms with Crippen LogP contribution in [0.5, 0.6) is 11.5 Å². The number of methoxy groups -OCH3 is 1. The van der Waals surface area contributed by atoms with E-state index < -0.39 is 0 Å². The van der Waals surface area contributed by atoms with E-state index in [-0.39, 0.29) is 48.5 Å². The second kappa shape index (κ2) is 20.9. The Morgan fingerprint density at radius 1 is 0.672 bits per heavy atom. The van der Waals surface area contributed by atoms with Gasteiger partial charge in [0.15, 0.2) is 11.5 Å². The number of piperidine rings is 2. The number of hydrazine groups is 1. The average molecular weight is 908 g/mol. The van der Waals surface area contributed by atoms with Gasteiger partial charge in [-0.3, -0.25) is 9.91 Å². The molecule has 0 aliphatic carbocycles. The van der Waals surface area contributed by atoms with Crippen LogP contribution in [0, 0.1) is 17.6 Å². The van der Waals surface area contributed by atoms with Crippen molar-refractivity contribution < 1.29 is 18.3 Å². The molecule has 334 valence electrons. The average Bonchev–Trinajstić information content (AvgIpc) is 3.30. The molecule has 14 heteroatoms. The van der Waals surface area contributed by atoms with Gasteiger partial charge in [-0.1, -0.05) is 80.6 Å². The minimum absolute atomic E-state index is 0. The van der Waals surface area contributed by atoms with E-state index in [4.69, 9.17) is 29.4 Å². The number of fused-ring (bicyclic) bond motifs is 2. The van der Waals surface area contributed by atoms with Crippen LogP contribution in [0.15, 0.2) is 115 Å². The molecule has 0 radical (unpaired) electrons. The predicted octanol–water partition coefficient (Wildman–Crippen LogP) is 10.7. The third-order valence-electron chi connectivity index (χ3n) is 11.9. The first-order valence-corrected chi connectivity index (χ1v) is 21.7. The third kappa shape index (κ3) is 10.2. The lowest BCUT2D eigenvalue weighted by molar-refractivity contribution is 0.184. The summed E-state index contributed by atoms with van der Waals surface area (Å²) in [5, 5.41) is 3.75. The fraction of sp³-hybridized carbons (Fsp3) is 0.320. The molecule has 0 saturated carbocycles. The summed E-state index contributed by atoms with van der Waals surface area (Å²) in [6, 6.07) is 35.5. The highest BCUT2D eigenvalue weighted by Gasteiger charge is 2.32. The van der Waals surface area contributed by atoms with E-state index in [0.29, 0.717) is 60.0 Å². The maximum absolute atomic E-state index is 15.5. The van der Waals surface area contributed by atoms with Crippen LogP contribution in [0.3, 0.4) is 0 Å². The highest BCUT2D eigenvalue weighted by atomic mass is 35.5. The van der Waals surface area contributed by atoms with Crippen molar-refractivity contribution in [2.75, 3.05) is 49.8 Å². The van der Waals surface area contributed by atoms with Gasteiger partial charge in [-0.15, -0.1) is 24.8 Å². The summed E-state index contributed by atoms with van der Waals surface area (Å²) in [5.74, 6) is 2.37. The van der Waals surface area contributed by atoms with Crippen molar-refractivity contribution in [2.45, 2.75) is 58.2 Å². The molecule has 4 heterocycles. The molecule has 2 saturated heterocycles. The van der Waals surface area contributed by atoms with Crippen LogP contribution in [0.2, 0.25) is 0 Å². The van der Waals surface area contributed by atoms with Gasteiger partial charge in [-0.05, 0) is 85.7 Å². The number of hydrogen-bond donors (Lipinski definition) is 1. The summed E-state index contributed by atoms with van der Waals surface area (Å²) < 4.78 is 42.4. The molecule has 2 aliphatic heterocycles. The maximum Gasteiger partial charge on any atom is 0.241 e. The number of para-hydroxylation sites is 2. The van der Waals surface area contributed by atoms with Crippen LogP contribution in [-0.2, 0) is 6.54 Å². The molecular formula is C50H54Cl2F2N8O2. The molecule has 0 bridgehead atoms. The number of anilines is 2. The lowest BCUT2D eigenvalue weighted by Crippen LogP contribution is -2.57. The van der Waals surface area contributed by atoms with Gasteiger partial charge in [0.25, 0.3) is 0 Å². The minimum atomic E-state index is -0.330. The first-order chi connectivity index (χ1) is 30.3. The standard InChI is InChI=1S/C50H52F2N8O2.2ClH/c1-33(2)32-62-46-30-34(20-21-45(46)61-3)31-58-26-22-35(23-27-58)57-60(50-54-44-19-11-7-15-40(44)48(56-50)38-13-5-9-17-42(38)52)36-24-28-59(29-25-36)49-53-43-18-10-6-14-39(43)47(55-49)37-12-4-8-16-41(37)51;;/h4-21,30,33,35-36,57H,22-29,31-32H2,1-3H3;2*1H. The highest BCUT2D eigenvalue weighted by molar-refractivity contribution is 5.94. The number of halogens is 4. The third-order valence-corrected chi connectivity index (χ3v) is 11.9. The van der Waals surface area contributed by atoms with Crippen molar-refractivity contribution in [3.63, 3.8) is 0 Å². The zero-order chi connectivity index (χ0) is 42.6. The number of hydrogen-bond acceptors (Lipinski definition) is 10. The van der Waals surface area contributed by atoms with Crippen LogP contribution in [0.25, 0.3) is 44.3 Å². The van der Waals surface area contributed by atoms with Crippen LogP contribution >= 0.6 is 24.8 Å². The monoisotopic (exact) mass is 906 g/mol. The zero-order valence-electron chi connectivity index (χ0n) is 36.3. The second-order valence-electron chi connectivity index (χ2n) is 16.7. The molecule has 9 rings (SSSR count). The van der Waals surface area contributed by atoms with Gasteiger partial charge >= 0.3 is 0 Å². The van der Waals surface area contributed by atoms with E-state index >= 15 is 8.78 Å². The Kier molecular flexibility index (Phi) is 15.1. The lowest BCUT2D eigenvalue weighted by Gasteiger charge is -2.42. The van der Waals surface area contributed by atoms with E-state index in [1.54, 1.807) is 31.4 Å². The summed E-state index contributed by atoms with van der Waals surface area (Å²) in [4.78, 5) is 24.9. The van der Waals surface area contributed by atoms with Gasteiger partial charge < -0.3 is 14.4 Å². The van der Waals surface area contributed by atoms with Gasteiger partial charge in [-0.2, -0.15) is 0 Å². The summed E-state index contributed by atoms with van der Waals surface area (Å²) in [6.45, 7) is 8.85. The Bertz CT molecular complexity index is 2680. The molecule has 64 heavy (non-hydrogen) atoms. The van der Waals surface area contributed by atoms with Crippen molar-refractivity contribution in [3.8, 4) is 34.0 Å². The molecule has 10 nitrogen and oxygen atoms in total. The van der Waals surface area contributed by atoms with Gasteiger partial charge in [-0.25, -0.2) is 34.1 Å². The van der Waals surface area contributed by atoms with Crippen molar-refractivity contribution >= 4 is 58.5 Å². The van der Waals surface area contributed by atoms with E-state index in [2.05, 4.69) is 46.2 Å². The molecule has 2 fully saturated rings. The van der Waals surface area contributed by atoms with E-state index in [1.807, 2.05) is 66.7 Å².